The molecule has 3 aromatic rings. The fourth-order valence-electron chi connectivity index (χ4n) is 2.79. The summed E-state index contributed by atoms with van der Waals surface area (Å²) in [6, 6.07) is 19.9. The lowest BCUT2D eigenvalue weighted by atomic mass is 10.1. The number of carbonyl (C=O) groups is 1. The first-order valence-electron chi connectivity index (χ1n) is 9.26. The number of hydrogen-bond donors (Lipinski definition) is 2. The van der Waals surface area contributed by atoms with E-state index in [0.29, 0.717) is 23.6 Å². The third-order valence-corrected chi connectivity index (χ3v) is 4.38. The average Bonchev–Trinajstić information content (AvgIpc) is 2.72. The highest BCUT2D eigenvalue weighted by Crippen LogP contribution is 2.19. The summed E-state index contributed by atoms with van der Waals surface area (Å²) in [5.74, 6) is -0.841. The van der Waals surface area contributed by atoms with Crippen LogP contribution >= 0.6 is 0 Å². The fourth-order valence-corrected chi connectivity index (χ4v) is 2.79. The second kappa shape index (κ2) is 9.80. The Kier molecular flexibility index (Phi) is 6.92. The van der Waals surface area contributed by atoms with E-state index in [1.54, 1.807) is 31.2 Å². The predicted molar refractivity (Wildman–Crippen MR) is 109 cm³/mol. The van der Waals surface area contributed by atoms with Gasteiger partial charge in [-0.2, -0.15) is 0 Å². The molecule has 3 rings (SSSR count). The predicted octanol–water partition coefficient (Wildman–Crippen LogP) is 4.83. The largest absolute Gasteiger partial charge is 0.489 e. The molecule has 1 amide bonds. The minimum Gasteiger partial charge on any atom is -0.489 e. The van der Waals surface area contributed by atoms with E-state index in [4.69, 9.17) is 4.74 Å². The van der Waals surface area contributed by atoms with Crippen LogP contribution in [0.15, 0.2) is 72.8 Å². The maximum Gasteiger partial charge on any atom is 0.238 e. The maximum atomic E-state index is 13.8. The Morgan fingerprint density at radius 3 is 2.41 bits per heavy atom. The van der Waals surface area contributed by atoms with Crippen molar-refractivity contribution in [2.45, 2.75) is 19.6 Å². The van der Waals surface area contributed by atoms with Crippen LogP contribution in [0.25, 0.3) is 0 Å². The highest BCUT2D eigenvalue weighted by Gasteiger charge is 2.13. The zero-order valence-electron chi connectivity index (χ0n) is 16.0. The van der Waals surface area contributed by atoms with Gasteiger partial charge in [0.05, 0.1) is 6.54 Å². The molecule has 4 nitrogen and oxygen atoms in total. The Hall–Kier alpha value is -3.25. The van der Waals surface area contributed by atoms with Crippen LogP contribution in [-0.2, 0) is 11.4 Å². The van der Waals surface area contributed by atoms with Crippen molar-refractivity contribution in [3.05, 3.63) is 95.6 Å². The monoisotopic (exact) mass is 396 g/mol. The summed E-state index contributed by atoms with van der Waals surface area (Å²) in [7, 11) is 0. The van der Waals surface area contributed by atoms with Crippen molar-refractivity contribution >= 4 is 11.6 Å². The number of halogens is 2. The zero-order chi connectivity index (χ0) is 20.6. The number of carbonyl (C=O) groups excluding carboxylic acids is 1. The van der Waals surface area contributed by atoms with Crippen LogP contribution < -0.4 is 15.4 Å². The molecule has 0 saturated carbocycles. The lowest BCUT2D eigenvalue weighted by molar-refractivity contribution is -0.115. The van der Waals surface area contributed by atoms with Crippen molar-refractivity contribution in [2.24, 2.45) is 0 Å². The molecule has 1 atom stereocenters. The van der Waals surface area contributed by atoms with Crippen molar-refractivity contribution < 1.29 is 18.3 Å². The minimum atomic E-state index is -0.642. The number of anilines is 1. The minimum absolute atomic E-state index is 0.00968. The van der Waals surface area contributed by atoms with E-state index in [0.717, 1.165) is 11.6 Å². The maximum absolute atomic E-state index is 13.8. The number of ether oxygens (including phenoxy) is 1. The summed E-state index contributed by atoms with van der Waals surface area (Å²) in [5.41, 5.74) is 2.01. The first-order chi connectivity index (χ1) is 14.0. The summed E-state index contributed by atoms with van der Waals surface area (Å²) in [5, 5.41) is 5.69. The molecule has 0 unspecified atom stereocenters. The molecule has 2 N–H and O–H groups in total. The molecule has 29 heavy (non-hydrogen) atoms. The molecule has 0 spiro atoms. The van der Waals surface area contributed by atoms with Crippen LogP contribution in [0.4, 0.5) is 14.5 Å². The molecule has 0 fully saturated rings. The van der Waals surface area contributed by atoms with Gasteiger partial charge in [0.2, 0.25) is 5.91 Å². The molecule has 0 radical (unpaired) electrons. The van der Waals surface area contributed by atoms with E-state index in [-0.39, 0.29) is 12.5 Å². The summed E-state index contributed by atoms with van der Waals surface area (Å²) >= 11 is 0. The second-order valence-electron chi connectivity index (χ2n) is 6.62. The number of amides is 1. The van der Waals surface area contributed by atoms with Crippen LogP contribution in [0, 0.1) is 11.6 Å². The Balaban J connectivity index is 1.46. The molecule has 0 saturated heterocycles. The lowest BCUT2D eigenvalue weighted by Crippen LogP contribution is -2.30. The molecule has 6 heteroatoms. The van der Waals surface area contributed by atoms with Crippen LogP contribution in [0.3, 0.4) is 0 Å². The van der Waals surface area contributed by atoms with E-state index in [9.17, 15) is 13.6 Å². The van der Waals surface area contributed by atoms with E-state index in [1.165, 1.54) is 12.1 Å². The standard InChI is InChI=1S/C23H22F2N2O2/c1-16(21-12-7-18(24)13-22(21)25)26-14-23(28)27-19-8-10-20(11-9-19)29-15-17-5-3-2-4-6-17/h2-13,16,26H,14-15H2,1H3,(H,27,28)/t16-/m1/s1. The summed E-state index contributed by atoms with van der Waals surface area (Å²) < 4.78 is 32.5. The number of benzene rings is 3. The Morgan fingerprint density at radius 2 is 1.72 bits per heavy atom. The summed E-state index contributed by atoms with van der Waals surface area (Å²) in [6.45, 7) is 2.17. The lowest BCUT2D eigenvalue weighted by Gasteiger charge is -2.15. The van der Waals surface area contributed by atoms with Crippen molar-refractivity contribution in [2.75, 3.05) is 11.9 Å². The van der Waals surface area contributed by atoms with Gasteiger partial charge in [-0.1, -0.05) is 36.4 Å². The Labute approximate surface area is 168 Å². The number of nitrogens with one attached hydrogen (secondary N) is 2. The van der Waals surface area contributed by atoms with Gasteiger partial charge >= 0.3 is 0 Å². The van der Waals surface area contributed by atoms with Gasteiger partial charge in [-0.15, -0.1) is 0 Å². The van der Waals surface area contributed by atoms with E-state index in [1.807, 2.05) is 30.3 Å². The normalized spacial score (nSPS) is 11.7. The molecule has 0 aliphatic rings. The average molecular weight is 396 g/mol. The van der Waals surface area contributed by atoms with Gasteiger partial charge in [-0.25, -0.2) is 8.78 Å². The second-order valence-corrected chi connectivity index (χ2v) is 6.62. The van der Waals surface area contributed by atoms with Crippen molar-refractivity contribution in [1.82, 2.24) is 5.32 Å². The van der Waals surface area contributed by atoms with Crippen molar-refractivity contribution in [3.63, 3.8) is 0 Å². The number of rotatable bonds is 8. The van der Waals surface area contributed by atoms with Gasteiger partial charge in [0.15, 0.2) is 0 Å². The molecule has 0 heterocycles. The van der Waals surface area contributed by atoms with Crippen molar-refractivity contribution in [3.8, 4) is 5.75 Å². The fraction of sp³-hybridized carbons (Fsp3) is 0.174. The zero-order valence-corrected chi connectivity index (χ0v) is 16.0. The van der Waals surface area contributed by atoms with Gasteiger partial charge < -0.3 is 15.4 Å². The highest BCUT2D eigenvalue weighted by atomic mass is 19.1. The van der Waals surface area contributed by atoms with E-state index in [2.05, 4.69) is 10.6 Å². The Morgan fingerprint density at radius 1 is 1.00 bits per heavy atom. The molecule has 0 bridgehead atoms. The topological polar surface area (TPSA) is 50.4 Å². The first-order valence-corrected chi connectivity index (χ1v) is 9.26. The Bertz CT molecular complexity index is 947. The van der Waals surface area contributed by atoms with Gasteiger partial charge in [0, 0.05) is 23.4 Å². The smallest absolute Gasteiger partial charge is 0.238 e. The molecular weight excluding hydrogens is 374 g/mol. The quantitative estimate of drug-likeness (QED) is 0.573. The summed E-state index contributed by atoms with van der Waals surface area (Å²) in [4.78, 5) is 12.1. The molecule has 0 aliphatic heterocycles. The molecule has 0 aromatic heterocycles. The van der Waals surface area contributed by atoms with Crippen LogP contribution in [0.5, 0.6) is 5.75 Å². The van der Waals surface area contributed by atoms with Crippen LogP contribution in [0.1, 0.15) is 24.1 Å². The molecule has 0 aliphatic carbocycles. The van der Waals surface area contributed by atoms with Crippen LogP contribution in [0.2, 0.25) is 0 Å². The van der Waals surface area contributed by atoms with Gasteiger partial charge in [0.25, 0.3) is 0 Å². The van der Waals surface area contributed by atoms with E-state index < -0.39 is 17.7 Å². The van der Waals surface area contributed by atoms with Gasteiger partial charge in [-0.05, 0) is 42.8 Å². The molecule has 3 aromatic carbocycles. The third-order valence-electron chi connectivity index (χ3n) is 4.38. The third kappa shape index (κ3) is 6.12. The van der Waals surface area contributed by atoms with Crippen molar-refractivity contribution in [1.29, 1.82) is 0 Å². The van der Waals surface area contributed by atoms with Gasteiger partial charge in [-0.3, -0.25) is 4.79 Å². The SMILES string of the molecule is C[C@@H](NCC(=O)Nc1ccc(OCc2ccccc2)cc1)c1ccc(F)cc1F. The molecule has 150 valence electrons. The summed E-state index contributed by atoms with van der Waals surface area (Å²) in [6.07, 6.45) is 0. The van der Waals surface area contributed by atoms with E-state index >= 15 is 0 Å². The number of hydrogen-bond acceptors (Lipinski definition) is 3. The molecular formula is C23H22F2N2O2. The highest BCUT2D eigenvalue weighted by molar-refractivity contribution is 5.92. The van der Waals surface area contributed by atoms with Gasteiger partial charge in [0.1, 0.15) is 24.0 Å². The van der Waals surface area contributed by atoms with Crippen LogP contribution in [-0.4, -0.2) is 12.5 Å². The first kappa shape index (κ1) is 20.5.